The van der Waals surface area contributed by atoms with Crippen LogP contribution >= 0.6 is 0 Å². The van der Waals surface area contributed by atoms with Crippen LogP contribution in [0, 0.1) is 0 Å². The van der Waals surface area contributed by atoms with Gasteiger partial charge in [-0.05, 0) is 38.9 Å². The van der Waals surface area contributed by atoms with Crippen LogP contribution in [0.15, 0.2) is 30.3 Å². The monoisotopic (exact) mass is 304 g/mol. The number of Topliss-reactive ketones (excluding diaryl/α,β-unsaturated/α-hetero) is 1. The number of hydrogen-bond acceptors (Lipinski definition) is 4. The number of nitrogens with zero attached hydrogens (tertiary/aromatic N) is 1. The number of benzene rings is 1. The van der Waals surface area contributed by atoms with Gasteiger partial charge >= 0.3 is 0 Å². The molecule has 2 rings (SSSR count). The number of carbonyl (C=O) groups excluding carboxylic acids is 2. The van der Waals surface area contributed by atoms with E-state index in [9.17, 15) is 9.59 Å². The van der Waals surface area contributed by atoms with Gasteiger partial charge in [0.25, 0.3) is 0 Å². The van der Waals surface area contributed by atoms with Gasteiger partial charge in [0.2, 0.25) is 5.91 Å². The summed E-state index contributed by atoms with van der Waals surface area (Å²) >= 11 is 0. The van der Waals surface area contributed by atoms with Crippen molar-refractivity contribution in [1.29, 1.82) is 0 Å². The molecule has 1 N–H and O–H groups in total. The summed E-state index contributed by atoms with van der Waals surface area (Å²) in [5.41, 5.74) is 1.05. The zero-order valence-corrected chi connectivity index (χ0v) is 13.2. The lowest BCUT2D eigenvalue weighted by molar-refractivity contribution is -0.131. The number of nitrogens with one attached hydrogen (secondary N) is 1. The van der Waals surface area contributed by atoms with E-state index in [4.69, 9.17) is 4.74 Å². The minimum absolute atomic E-state index is 0.0801. The normalized spacial score (nSPS) is 19.8. The Hall–Kier alpha value is -1.72. The SMILES string of the molecule is CC(=O)[C@H](COCc1ccccc1)NC(=O)[C@@H]1CCCN1C. The molecule has 1 amide bonds. The van der Waals surface area contributed by atoms with Crippen molar-refractivity contribution in [2.75, 3.05) is 20.2 Å². The molecule has 22 heavy (non-hydrogen) atoms. The molecule has 0 saturated carbocycles. The molecule has 0 spiro atoms. The number of likely N-dealkylation sites (tertiary alicyclic amines) is 1. The molecule has 1 aliphatic rings. The Morgan fingerprint density at radius 1 is 1.36 bits per heavy atom. The van der Waals surface area contributed by atoms with E-state index in [-0.39, 0.29) is 24.3 Å². The molecule has 1 saturated heterocycles. The number of ketones is 1. The van der Waals surface area contributed by atoms with E-state index in [1.54, 1.807) is 0 Å². The average molecular weight is 304 g/mol. The molecule has 120 valence electrons. The number of ether oxygens (including phenoxy) is 1. The van der Waals surface area contributed by atoms with Gasteiger partial charge in [-0.15, -0.1) is 0 Å². The highest BCUT2D eigenvalue weighted by Crippen LogP contribution is 2.14. The smallest absolute Gasteiger partial charge is 0.238 e. The first kappa shape index (κ1) is 16.6. The second-order valence-electron chi connectivity index (χ2n) is 5.81. The third kappa shape index (κ3) is 4.64. The molecule has 5 heteroatoms. The molecule has 2 atom stereocenters. The van der Waals surface area contributed by atoms with Crippen molar-refractivity contribution in [3.05, 3.63) is 35.9 Å². The maximum Gasteiger partial charge on any atom is 0.238 e. The summed E-state index contributed by atoms with van der Waals surface area (Å²) in [7, 11) is 1.94. The summed E-state index contributed by atoms with van der Waals surface area (Å²) in [6, 6.07) is 9.06. The second kappa shape index (κ2) is 8.06. The Bertz CT molecular complexity index is 504. The van der Waals surface area contributed by atoms with Gasteiger partial charge in [-0.1, -0.05) is 30.3 Å². The molecule has 1 heterocycles. The van der Waals surface area contributed by atoms with Crippen molar-refractivity contribution in [2.24, 2.45) is 0 Å². The third-order valence-electron chi connectivity index (χ3n) is 4.03. The third-order valence-corrected chi connectivity index (χ3v) is 4.03. The maximum absolute atomic E-state index is 12.2. The topological polar surface area (TPSA) is 58.6 Å². The second-order valence-corrected chi connectivity index (χ2v) is 5.81. The molecular weight excluding hydrogens is 280 g/mol. The summed E-state index contributed by atoms with van der Waals surface area (Å²) in [6.45, 7) is 3.04. The van der Waals surface area contributed by atoms with Gasteiger partial charge in [0.05, 0.1) is 19.3 Å². The van der Waals surface area contributed by atoms with Gasteiger partial charge < -0.3 is 10.1 Å². The predicted octanol–water partition coefficient (Wildman–Crippen LogP) is 1.37. The van der Waals surface area contributed by atoms with Crippen LogP contribution in [-0.2, 0) is 20.9 Å². The van der Waals surface area contributed by atoms with E-state index >= 15 is 0 Å². The van der Waals surface area contributed by atoms with Gasteiger partial charge in [0.1, 0.15) is 6.04 Å². The van der Waals surface area contributed by atoms with Crippen molar-refractivity contribution >= 4 is 11.7 Å². The Morgan fingerprint density at radius 2 is 2.09 bits per heavy atom. The van der Waals surface area contributed by atoms with Crippen LogP contribution in [0.25, 0.3) is 0 Å². The largest absolute Gasteiger partial charge is 0.374 e. The molecule has 1 aromatic rings. The highest BCUT2D eigenvalue weighted by Gasteiger charge is 2.30. The van der Waals surface area contributed by atoms with E-state index in [2.05, 4.69) is 5.32 Å². The molecule has 0 aromatic heterocycles. The van der Waals surface area contributed by atoms with Crippen LogP contribution in [0.4, 0.5) is 0 Å². The zero-order chi connectivity index (χ0) is 15.9. The standard InChI is InChI=1S/C17H24N2O3/c1-13(20)15(12-22-11-14-7-4-3-5-8-14)18-17(21)16-9-6-10-19(16)2/h3-5,7-8,15-16H,6,9-12H2,1-2H3,(H,18,21)/t15-,16-/m0/s1. The van der Waals surface area contributed by atoms with E-state index in [1.807, 2.05) is 42.3 Å². The van der Waals surface area contributed by atoms with Crippen molar-refractivity contribution in [3.8, 4) is 0 Å². The Kier molecular flexibility index (Phi) is 6.10. The number of carbonyl (C=O) groups is 2. The minimum Gasteiger partial charge on any atom is -0.374 e. The quantitative estimate of drug-likeness (QED) is 0.826. The molecule has 0 aliphatic carbocycles. The highest BCUT2D eigenvalue weighted by atomic mass is 16.5. The Morgan fingerprint density at radius 3 is 2.68 bits per heavy atom. The van der Waals surface area contributed by atoms with Crippen LogP contribution in [0.3, 0.4) is 0 Å². The molecule has 5 nitrogen and oxygen atoms in total. The predicted molar refractivity (Wildman–Crippen MR) is 84.4 cm³/mol. The first-order valence-electron chi connectivity index (χ1n) is 7.70. The molecule has 0 radical (unpaired) electrons. The number of hydrogen-bond donors (Lipinski definition) is 1. The van der Waals surface area contributed by atoms with Crippen LogP contribution in [0.5, 0.6) is 0 Å². The fraction of sp³-hybridized carbons (Fsp3) is 0.529. The van der Waals surface area contributed by atoms with Gasteiger partial charge in [-0.3, -0.25) is 14.5 Å². The maximum atomic E-state index is 12.2. The average Bonchev–Trinajstić information content (AvgIpc) is 2.93. The van der Waals surface area contributed by atoms with Crippen LogP contribution in [-0.4, -0.2) is 48.9 Å². The fourth-order valence-corrected chi connectivity index (χ4v) is 2.64. The molecule has 0 bridgehead atoms. The van der Waals surface area contributed by atoms with Gasteiger partial charge in [0.15, 0.2) is 5.78 Å². The van der Waals surface area contributed by atoms with E-state index in [1.165, 1.54) is 6.92 Å². The lowest BCUT2D eigenvalue weighted by Crippen LogP contribution is -2.49. The minimum atomic E-state index is -0.579. The molecular formula is C17H24N2O3. The van der Waals surface area contributed by atoms with Crippen molar-refractivity contribution in [1.82, 2.24) is 10.2 Å². The number of rotatable bonds is 7. The first-order chi connectivity index (χ1) is 10.6. The number of likely N-dealkylation sites (N-methyl/N-ethyl adjacent to an activating group) is 1. The Balaban J connectivity index is 1.82. The van der Waals surface area contributed by atoms with E-state index in [0.29, 0.717) is 6.61 Å². The summed E-state index contributed by atoms with van der Waals surface area (Å²) in [5.74, 6) is -0.162. The van der Waals surface area contributed by atoms with Crippen molar-refractivity contribution in [2.45, 2.75) is 38.5 Å². The van der Waals surface area contributed by atoms with Crippen LogP contribution in [0.1, 0.15) is 25.3 Å². The first-order valence-corrected chi connectivity index (χ1v) is 7.70. The molecule has 1 aromatic carbocycles. The van der Waals surface area contributed by atoms with Crippen molar-refractivity contribution in [3.63, 3.8) is 0 Å². The molecule has 1 aliphatic heterocycles. The van der Waals surface area contributed by atoms with Gasteiger partial charge in [0, 0.05) is 0 Å². The molecule has 0 unspecified atom stereocenters. The summed E-state index contributed by atoms with van der Waals surface area (Å²) < 4.78 is 5.58. The van der Waals surface area contributed by atoms with Crippen LogP contribution in [0.2, 0.25) is 0 Å². The summed E-state index contributed by atoms with van der Waals surface area (Å²) in [6.07, 6.45) is 1.86. The zero-order valence-electron chi connectivity index (χ0n) is 13.2. The summed E-state index contributed by atoms with van der Waals surface area (Å²) in [4.78, 5) is 26.0. The fourth-order valence-electron chi connectivity index (χ4n) is 2.64. The van der Waals surface area contributed by atoms with Crippen molar-refractivity contribution < 1.29 is 14.3 Å². The highest BCUT2D eigenvalue weighted by molar-refractivity contribution is 5.89. The Labute approximate surface area is 131 Å². The van der Waals surface area contributed by atoms with E-state index in [0.717, 1.165) is 24.9 Å². The van der Waals surface area contributed by atoms with Gasteiger partial charge in [-0.25, -0.2) is 0 Å². The molecule has 1 fully saturated rings. The van der Waals surface area contributed by atoms with Gasteiger partial charge in [-0.2, -0.15) is 0 Å². The lowest BCUT2D eigenvalue weighted by atomic mass is 10.1. The lowest BCUT2D eigenvalue weighted by Gasteiger charge is -2.22. The number of amides is 1. The van der Waals surface area contributed by atoms with E-state index < -0.39 is 6.04 Å². The summed E-state index contributed by atoms with van der Waals surface area (Å²) in [5, 5.41) is 2.82. The van der Waals surface area contributed by atoms with Crippen LogP contribution < -0.4 is 5.32 Å².